The lowest BCUT2D eigenvalue weighted by Crippen LogP contribution is -2.19. The molecule has 28 heavy (non-hydrogen) atoms. The topological polar surface area (TPSA) is 83.8 Å². The van der Waals surface area contributed by atoms with Gasteiger partial charge in [-0.25, -0.2) is 10.4 Å². The highest BCUT2D eigenvalue weighted by molar-refractivity contribution is 8.01. The number of hydrogen-bond donors (Lipinski definition) is 2. The van der Waals surface area contributed by atoms with E-state index in [-0.39, 0.29) is 17.4 Å². The third kappa shape index (κ3) is 5.25. The van der Waals surface area contributed by atoms with E-state index in [1.54, 1.807) is 18.2 Å². The van der Waals surface area contributed by atoms with E-state index in [0.717, 1.165) is 15.6 Å². The number of thiazole rings is 1. The van der Waals surface area contributed by atoms with Crippen LogP contribution >= 0.6 is 34.7 Å². The summed E-state index contributed by atoms with van der Waals surface area (Å²) < 4.78 is 5.81. The monoisotopic (exact) mass is 433 g/mol. The van der Waals surface area contributed by atoms with Crippen LogP contribution in [0.1, 0.15) is 5.56 Å². The standard InChI is InChI=1S/C19H16ClN3O3S2/c1-26-16-4-2-3-13(18(16)25)9-21-23-17(24)11-28-19-22-15(10-27-19)12-5-7-14(20)8-6-12/h2-10,25H,11H2,1H3,(H,23,24)/b21-9+. The first kappa shape index (κ1) is 20.2. The van der Waals surface area contributed by atoms with Crippen molar-refractivity contribution in [2.75, 3.05) is 12.9 Å². The molecule has 0 radical (unpaired) electrons. The minimum absolute atomic E-state index is 0.0325. The number of ether oxygens (including phenoxy) is 1. The maximum atomic E-state index is 12.0. The number of thioether (sulfide) groups is 1. The van der Waals surface area contributed by atoms with Gasteiger partial charge in [0, 0.05) is 21.5 Å². The van der Waals surface area contributed by atoms with Crippen molar-refractivity contribution in [1.82, 2.24) is 10.4 Å². The smallest absolute Gasteiger partial charge is 0.250 e. The zero-order valence-electron chi connectivity index (χ0n) is 14.8. The van der Waals surface area contributed by atoms with Crippen molar-refractivity contribution in [3.63, 3.8) is 0 Å². The number of hydrogen-bond acceptors (Lipinski definition) is 7. The molecule has 0 fully saturated rings. The number of carbonyl (C=O) groups excluding carboxylic acids is 1. The highest BCUT2D eigenvalue weighted by Gasteiger charge is 2.08. The summed E-state index contributed by atoms with van der Waals surface area (Å²) in [6, 6.07) is 12.5. The summed E-state index contributed by atoms with van der Waals surface area (Å²) in [7, 11) is 1.46. The summed E-state index contributed by atoms with van der Waals surface area (Å²) in [6.45, 7) is 0. The van der Waals surface area contributed by atoms with Gasteiger partial charge in [-0.1, -0.05) is 41.6 Å². The minimum Gasteiger partial charge on any atom is -0.504 e. The average molecular weight is 434 g/mol. The molecule has 0 aliphatic heterocycles. The Kier molecular flexibility index (Phi) is 6.91. The number of nitrogens with one attached hydrogen (secondary N) is 1. The molecule has 0 unspecified atom stereocenters. The van der Waals surface area contributed by atoms with Gasteiger partial charge in [0.25, 0.3) is 5.91 Å². The number of aromatic hydroxyl groups is 1. The van der Waals surface area contributed by atoms with E-state index in [1.165, 1.54) is 36.4 Å². The number of para-hydroxylation sites is 1. The second-order valence-corrected chi connectivity index (χ2v) is 8.00. The predicted octanol–water partition coefficient (Wildman–Crippen LogP) is 4.42. The first-order valence-electron chi connectivity index (χ1n) is 8.09. The van der Waals surface area contributed by atoms with Gasteiger partial charge >= 0.3 is 0 Å². The van der Waals surface area contributed by atoms with Crippen LogP contribution in [0.25, 0.3) is 11.3 Å². The second-order valence-electron chi connectivity index (χ2n) is 5.49. The molecular formula is C19H16ClN3O3S2. The maximum Gasteiger partial charge on any atom is 0.250 e. The van der Waals surface area contributed by atoms with Crippen LogP contribution < -0.4 is 10.2 Å². The van der Waals surface area contributed by atoms with E-state index >= 15 is 0 Å². The number of methoxy groups -OCH3 is 1. The van der Waals surface area contributed by atoms with Gasteiger partial charge in [-0.15, -0.1) is 11.3 Å². The Labute approximate surface area is 175 Å². The van der Waals surface area contributed by atoms with Crippen LogP contribution in [0.4, 0.5) is 0 Å². The van der Waals surface area contributed by atoms with Crippen molar-refractivity contribution >= 4 is 46.8 Å². The molecule has 2 N–H and O–H groups in total. The molecule has 3 aromatic rings. The molecule has 6 nitrogen and oxygen atoms in total. The Bertz CT molecular complexity index is 990. The van der Waals surface area contributed by atoms with Gasteiger partial charge in [-0.2, -0.15) is 5.10 Å². The summed E-state index contributed by atoms with van der Waals surface area (Å²) in [5.41, 5.74) is 4.69. The molecule has 1 amide bonds. The van der Waals surface area contributed by atoms with Crippen molar-refractivity contribution in [3.8, 4) is 22.8 Å². The van der Waals surface area contributed by atoms with E-state index in [0.29, 0.717) is 16.3 Å². The SMILES string of the molecule is COc1cccc(/C=N/NC(=O)CSc2nc(-c3ccc(Cl)cc3)cs2)c1O. The molecule has 3 rings (SSSR count). The largest absolute Gasteiger partial charge is 0.504 e. The third-order valence-electron chi connectivity index (χ3n) is 3.59. The summed E-state index contributed by atoms with van der Waals surface area (Å²) in [4.78, 5) is 16.5. The van der Waals surface area contributed by atoms with Crippen LogP contribution in [0.5, 0.6) is 11.5 Å². The van der Waals surface area contributed by atoms with Crippen molar-refractivity contribution in [2.45, 2.75) is 4.34 Å². The van der Waals surface area contributed by atoms with Crippen molar-refractivity contribution in [3.05, 3.63) is 58.4 Å². The molecular weight excluding hydrogens is 418 g/mol. The highest BCUT2D eigenvalue weighted by Crippen LogP contribution is 2.29. The normalized spacial score (nSPS) is 10.9. The molecule has 144 valence electrons. The van der Waals surface area contributed by atoms with Gasteiger partial charge in [0.2, 0.25) is 0 Å². The fraction of sp³-hybridized carbons (Fsp3) is 0.105. The number of phenolic OH excluding ortho intramolecular Hbond substituents is 1. The Balaban J connectivity index is 1.52. The number of hydrazone groups is 1. The van der Waals surface area contributed by atoms with Crippen LogP contribution in [0.15, 0.2) is 57.3 Å². The first-order chi connectivity index (χ1) is 13.6. The van der Waals surface area contributed by atoms with Crippen LogP contribution in [-0.4, -0.2) is 35.1 Å². The summed E-state index contributed by atoms with van der Waals surface area (Å²) in [5.74, 6) is 0.211. The van der Waals surface area contributed by atoms with E-state index in [4.69, 9.17) is 16.3 Å². The molecule has 0 saturated heterocycles. The Morgan fingerprint density at radius 3 is 2.89 bits per heavy atom. The molecule has 0 spiro atoms. The van der Waals surface area contributed by atoms with Crippen molar-refractivity contribution < 1.29 is 14.6 Å². The number of amides is 1. The van der Waals surface area contributed by atoms with Gasteiger partial charge in [0.15, 0.2) is 15.8 Å². The van der Waals surface area contributed by atoms with Crippen molar-refractivity contribution in [1.29, 1.82) is 0 Å². The molecule has 9 heteroatoms. The molecule has 0 saturated carbocycles. The minimum atomic E-state index is -0.271. The van der Waals surface area contributed by atoms with Gasteiger partial charge in [-0.05, 0) is 24.3 Å². The Morgan fingerprint density at radius 1 is 1.36 bits per heavy atom. The summed E-state index contributed by atoms with van der Waals surface area (Å²) >= 11 is 8.70. The number of carbonyl (C=O) groups is 1. The summed E-state index contributed by atoms with van der Waals surface area (Å²) in [5, 5.41) is 16.5. The quantitative estimate of drug-likeness (QED) is 0.327. The Morgan fingerprint density at radius 2 is 2.14 bits per heavy atom. The number of halogens is 1. The highest BCUT2D eigenvalue weighted by atomic mass is 35.5. The summed E-state index contributed by atoms with van der Waals surface area (Å²) in [6.07, 6.45) is 1.36. The third-order valence-corrected chi connectivity index (χ3v) is 5.87. The average Bonchev–Trinajstić information content (AvgIpc) is 3.17. The number of nitrogens with zero attached hydrogens (tertiary/aromatic N) is 2. The van der Waals surface area contributed by atoms with E-state index in [2.05, 4.69) is 15.5 Å². The fourth-order valence-electron chi connectivity index (χ4n) is 2.22. The molecule has 0 aliphatic rings. The molecule has 0 atom stereocenters. The lowest BCUT2D eigenvalue weighted by molar-refractivity contribution is -0.118. The Hall–Kier alpha value is -2.55. The van der Waals surface area contributed by atoms with Crippen LogP contribution in [0.2, 0.25) is 5.02 Å². The van der Waals surface area contributed by atoms with E-state index in [1.807, 2.05) is 29.6 Å². The first-order valence-corrected chi connectivity index (χ1v) is 10.3. The fourth-order valence-corrected chi connectivity index (χ4v) is 3.97. The van der Waals surface area contributed by atoms with E-state index in [9.17, 15) is 9.90 Å². The molecule has 1 aromatic heterocycles. The van der Waals surface area contributed by atoms with Crippen molar-refractivity contribution in [2.24, 2.45) is 5.10 Å². The molecule has 1 heterocycles. The lowest BCUT2D eigenvalue weighted by Gasteiger charge is -2.04. The lowest BCUT2D eigenvalue weighted by atomic mass is 10.2. The number of phenols is 1. The van der Waals surface area contributed by atoms with Crippen LogP contribution in [0, 0.1) is 0 Å². The number of benzene rings is 2. The second kappa shape index (κ2) is 9.59. The van der Waals surface area contributed by atoms with E-state index < -0.39 is 0 Å². The number of aromatic nitrogens is 1. The van der Waals surface area contributed by atoms with Gasteiger partial charge in [0.05, 0.1) is 24.8 Å². The molecule has 0 aliphatic carbocycles. The van der Waals surface area contributed by atoms with Gasteiger partial charge < -0.3 is 9.84 Å². The van der Waals surface area contributed by atoms with Gasteiger partial charge in [0.1, 0.15) is 0 Å². The van der Waals surface area contributed by atoms with Gasteiger partial charge in [-0.3, -0.25) is 4.79 Å². The van der Waals surface area contributed by atoms with Crippen LogP contribution in [-0.2, 0) is 4.79 Å². The molecule has 0 bridgehead atoms. The zero-order valence-corrected chi connectivity index (χ0v) is 17.1. The molecule has 2 aromatic carbocycles. The number of rotatable bonds is 7. The predicted molar refractivity (Wildman–Crippen MR) is 114 cm³/mol. The maximum absolute atomic E-state index is 12.0. The van der Waals surface area contributed by atoms with Crippen LogP contribution in [0.3, 0.4) is 0 Å². The zero-order chi connectivity index (χ0) is 19.9.